The first-order valence-electron chi connectivity index (χ1n) is 7.86. The smallest absolute Gasteiger partial charge is 0.307 e. The lowest BCUT2D eigenvalue weighted by atomic mass is 10.1. The fourth-order valence-corrected chi connectivity index (χ4v) is 2.08. The molecule has 2 N–H and O–H groups in total. The number of nitrogens with one attached hydrogen (secondary N) is 1. The van der Waals surface area contributed by atoms with Gasteiger partial charge in [-0.3, -0.25) is 9.59 Å². The van der Waals surface area contributed by atoms with Crippen molar-refractivity contribution >= 4 is 17.6 Å². The lowest BCUT2D eigenvalue weighted by Gasteiger charge is -2.12. The summed E-state index contributed by atoms with van der Waals surface area (Å²) in [6, 6.07) is 13.7. The van der Waals surface area contributed by atoms with Crippen LogP contribution in [0.3, 0.4) is 0 Å². The van der Waals surface area contributed by atoms with Gasteiger partial charge in [0.05, 0.1) is 12.5 Å². The van der Waals surface area contributed by atoms with Gasteiger partial charge in [-0.25, -0.2) is 0 Å². The number of rotatable bonds is 7. The number of benzene rings is 2. The second-order valence-electron chi connectivity index (χ2n) is 5.58. The molecule has 2 rings (SSSR count). The molecule has 2 aromatic carbocycles. The Morgan fingerprint density at radius 2 is 1.71 bits per heavy atom. The third-order valence-electron chi connectivity index (χ3n) is 3.60. The van der Waals surface area contributed by atoms with Gasteiger partial charge in [0, 0.05) is 11.3 Å². The number of aliphatic carboxylic acids is 1. The first-order chi connectivity index (χ1) is 11.5. The van der Waals surface area contributed by atoms with E-state index >= 15 is 0 Å². The van der Waals surface area contributed by atoms with Crippen molar-refractivity contribution in [1.29, 1.82) is 0 Å². The van der Waals surface area contributed by atoms with Crippen molar-refractivity contribution in [3.8, 4) is 5.75 Å². The van der Waals surface area contributed by atoms with E-state index in [-0.39, 0.29) is 18.4 Å². The van der Waals surface area contributed by atoms with Gasteiger partial charge in [0.2, 0.25) is 0 Å². The Labute approximate surface area is 141 Å². The molecule has 0 spiro atoms. The number of carbonyl (C=O) groups is 2. The van der Waals surface area contributed by atoms with Gasteiger partial charge in [0.15, 0.2) is 0 Å². The molecule has 0 aromatic heterocycles. The van der Waals surface area contributed by atoms with Crippen LogP contribution in [0, 0.1) is 0 Å². The minimum Gasteiger partial charge on any atom is -0.491 e. The fraction of sp³-hybridized carbons (Fsp3) is 0.263. The van der Waals surface area contributed by atoms with Gasteiger partial charge in [-0.15, -0.1) is 0 Å². The van der Waals surface area contributed by atoms with Gasteiger partial charge in [-0.1, -0.05) is 19.1 Å². The molecule has 0 unspecified atom stereocenters. The summed E-state index contributed by atoms with van der Waals surface area (Å²) in [7, 11) is 0. The number of amides is 1. The lowest BCUT2D eigenvalue weighted by molar-refractivity contribution is -0.136. The van der Waals surface area contributed by atoms with E-state index in [0.717, 1.165) is 12.2 Å². The third kappa shape index (κ3) is 5.12. The summed E-state index contributed by atoms with van der Waals surface area (Å²) in [5.74, 6) is -0.374. The summed E-state index contributed by atoms with van der Waals surface area (Å²) in [5, 5.41) is 11.5. The van der Waals surface area contributed by atoms with Crippen LogP contribution in [0.4, 0.5) is 5.69 Å². The van der Waals surface area contributed by atoms with Gasteiger partial charge in [-0.2, -0.15) is 0 Å². The fourth-order valence-electron chi connectivity index (χ4n) is 2.08. The van der Waals surface area contributed by atoms with Crippen molar-refractivity contribution in [2.45, 2.75) is 32.8 Å². The first-order valence-corrected chi connectivity index (χ1v) is 7.86. The number of carboxylic acid groups (broad SMARTS) is 1. The highest BCUT2D eigenvalue weighted by Gasteiger charge is 2.08. The molecule has 126 valence electrons. The summed E-state index contributed by atoms with van der Waals surface area (Å²) in [6.45, 7) is 4.04. The van der Waals surface area contributed by atoms with Gasteiger partial charge in [-0.05, 0) is 55.3 Å². The van der Waals surface area contributed by atoms with Gasteiger partial charge in [0.1, 0.15) is 5.75 Å². The summed E-state index contributed by atoms with van der Waals surface area (Å²) >= 11 is 0. The van der Waals surface area contributed by atoms with Crippen LogP contribution in [-0.2, 0) is 11.2 Å². The predicted octanol–water partition coefficient (Wildman–Crippen LogP) is 3.74. The maximum atomic E-state index is 12.2. The van der Waals surface area contributed by atoms with E-state index in [9.17, 15) is 9.59 Å². The molecule has 0 radical (unpaired) electrons. The standard InChI is InChI=1S/C19H21NO4/c1-3-13(2)24-17-10-6-15(7-11-17)19(23)20-16-8-4-14(5-9-16)12-18(21)22/h4-11,13H,3,12H2,1-2H3,(H,20,23)(H,21,22)/t13-/m0/s1. The predicted molar refractivity (Wildman–Crippen MR) is 92.6 cm³/mol. The largest absolute Gasteiger partial charge is 0.491 e. The van der Waals surface area contributed by atoms with Crippen LogP contribution in [0.5, 0.6) is 5.75 Å². The summed E-state index contributed by atoms with van der Waals surface area (Å²) in [5.41, 5.74) is 1.84. The van der Waals surface area contributed by atoms with Crippen LogP contribution in [0.1, 0.15) is 36.2 Å². The van der Waals surface area contributed by atoms with Crippen molar-refractivity contribution < 1.29 is 19.4 Å². The second kappa shape index (κ2) is 8.15. The van der Waals surface area contributed by atoms with Crippen molar-refractivity contribution in [2.75, 3.05) is 5.32 Å². The molecule has 5 nitrogen and oxygen atoms in total. The second-order valence-corrected chi connectivity index (χ2v) is 5.58. The Balaban J connectivity index is 1.97. The van der Waals surface area contributed by atoms with Crippen LogP contribution in [0.15, 0.2) is 48.5 Å². The molecule has 0 saturated carbocycles. The Kier molecular flexibility index (Phi) is 5.95. The van der Waals surface area contributed by atoms with E-state index in [0.29, 0.717) is 16.8 Å². The molecular weight excluding hydrogens is 306 g/mol. The zero-order valence-electron chi connectivity index (χ0n) is 13.8. The first kappa shape index (κ1) is 17.5. The zero-order chi connectivity index (χ0) is 17.5. The van der Waals surface area contributed by atoms with Gasteiger partial charge in [0.25, 0.3) is 5.91 Å². The molecule has 0 aliphatic heterocycles. The molecule has 0 bridgehead atoms. The molecule has 0 fully saturated rings. The Morgan fingerprint density at radius 1 is 1.08 bits per heavy atom. The lowest BCUT2D eigenvalue weighted by Crippen LogP contribution is -2.13. The number of anilines is 1. The average Bonchev–Trinajstić information content (AvgIpc) is 2.56. The monoisotopic (exact) mass is 327 g/mol. The molecule has 2 aromatic rings. The van der Waals surface area contributed by atoms with E-state index in [1.54, 1.807) is 48.5 Å². The van der Waals surface area contributed by atoms with Crippen molar-refractivity contribution in [1.82, 2.24) is 0 Å². The Bertz CT molecular complexity index is 692. The maximum absolute atomic E-state index is 12.2. The Morgan fingerprint density at radius 3 is 2.25 bits per heavy atom. The quantitative estimate of drug-likeness (QED) is 0.812. The third-order valence-corrected chi connectivity index (χ3v) is 3.60. The normalized spacial score (nSPS) is 11.6. The van der Waals surface area contributed by atoms with Crippen LogP contribution >= 0.6 is 0 Å². The van der Waals surface area contributed by atoms with E-state index < -0.39 is 5.97 Å². The maximum Gasteiger partial charge on any atom is 0.307 e. The highest BCUT2D eigenvalue weighted by molar-refractivity contribution is 6.04. The molecule has 0 heterocycles. The molecule has 0 aliphatic rings. The number of hydrogen-bond donors (Lipinski definition) is 2. The molecule has 0 saturated heterocycles. The van der Waals surface area contributed by atoms with Crippen molar-refractivity contribution in [3.63, 3.8) is 0 Å². The minimum atomic E-state index is -0.883. The highest BCUT2D eigenvalue weighted by Crippen LogP contribution is 2.17. The number of ether oxygens (including phenoxy) is 1. The van der Waals surface area contributed by atoms with Crippen LogP contribution in [0.25, 0.3) is 0 Å². The van der Waals surface area contributed by atoms with Crippen LogP contribution in [0.2, 0.25) is 0 Å². The van der Waals surface area contributed by atoms with E-state index in [2.05, 4.69) is 5.32 Å². The summed E-state index contributed by atoms with van der Waals surface area (Å²) in [6.07, 6.45) is 1.01. The molecule has 0 aliphatic carbocycles. The van der Waals surface area contributed by atoms with E-state index in [1.165, 1.54) is 0 Å². The molecular formula is C19H21NO4. The zero-order valence-corrected chi connectivity index (χ0v) is 13.8. The van der Waals surface area contributed by atoms with Gasteiger partial charge < -0.3 is 15.2 Å². The highest BCUT2D eigenvalue weighted by atomic mass is 16.5. The van der Waals surface area contributed by atoms with E-state index in [4.69, 9.17) is 9.84 Å². The average molecular weight is 327 g/mol. The minimum absolute atomic E-state index is 0.0358. The summed E-state index contributed by atoms with van der Waals surface area (Å²) < 4.78 is 5.68. The SMILES string of the molecule is CC[C@H](C)Oc1ccc(C(=O)Nc2ccc(CC(=O)O)cc2)cc1. The number of carboxylic acids is 1. The van der Waals surface area contributed by atoms with Gasteiger partial charge >= 0.3 is 5.97 Å². The van der Waals surface area contributed by atoms with Crippen LogP contribution in [-0.4, -0.2) is 23.1 Å². The summed E-state index contributed by atoms with van der Waals surface area (Å²) in [4.78, 5) is 22.9. The van der Waals surface area contributed by atoms with Crippen molar-refractivity contribution in [2.24, 2.45) is 0 Å². The molecule has 1 atom stereocenters. The van der Waals surface area contributed by atoms with E-state index in [1.807, 2.05) is 13.8 Å². The molecule has 24 heavy (non-hydrogen) atoms. The Hall–Kier alpha value is -2.82. The molecule has 1 amide bonds. The van der Waals surface area contributed by atoms with Crippen LogP contribution < -0.4 is 10.1 Å². The number of hydrogen-bond acceptors (Lipinski definition) is 3. The number of carbonyl (C=O) groups excluding carboxylic acids is 1. The van der Waals surface area contributed by atoms with Crippen molar-refractivity contribution in [3.05, 3.63) is 59.7 Å². The molecule has 5 heteroatoms. The topological polar surface area (TPSA) is 75.6 Å².